The highest BCUT2D eigenvalue weighted by atomic mass is 32.2. The summed E-state index contributed by atoms with van der Waals surface area (Å²) in [6.07, 6.45) is 0.585. The van der Waals surface area contributed by atoms with E-state index < -0.39 is 23.4 Å². The van der Waals surface area contributed by atoms with E-state index in [0.717, 1.165) is 17.3 Å². The number of amides is 3. The Balaban J connectivity index is 1.89. The molecule has 184 valence electrons. The number of fused-ring (bicyclic) bond motifs is 1. The first-order chi connectivity index (χ1) is 16.6. The van der Waals surface area contributed by atoms with Gasteiger partial charge in [0.2, 0.25) is 5.91 Å². The SMILES string of the molecule is COC(=O)c1ccc2c(=O)n(CCc3ccccc3)c(SCC(=O)NC(=O)NC(C)(C)C)nc2c1. The number of esters is 1. The van der Waals surface area contributed by atoms with Gasteiger partial charge >= 0.3 is 12.0 Å². The molecule has 0 fully saturated rings. The van der Waals surface area contributed by atoms with Crippen molar-refractivity contribution in [2.45, 2.75) is 44.4 Å². The Morgan fingerprint density at radius 2 is 1.80 bits per heavy atom. The maximum atomic E-state index is 13.3. The summed E-state index contributed by atoms with van der Waals surface area (Å²) in [6.45, 7) is 5.76. The Hall–Kier alpha value is -3.66. The van der Waals surface area contributed by atoms with Crippen LogP contribution in [0.3, 0.4) is 0 Å². The molecule has 0 saturated carbocycles. The number of rotatable bonds is 7. The summed E-state index contributed by atoms with van der Waals surface area (Å²) in [5.74, 6) is -1.19. The molecule has 0 unspecified atom stereocenters. The van der Waals surface area contributed by atoms with Gasteiger partial charge in [0.25, 0.3) is 5.56 Å². The molecule has 0 aliphatic rings. The second-order valence-electron chi connectivity index (χ2n) is 8.85. The molecule has 35 heavy (non-hydrogen) atoms. The maximum absolute atomic E-state index is 13.3. The number of carbonyl (C=O) groups is 3. The predicted octanol–water partition coefficient (Wildman–Crippen LogP) is 3.14. The lowest BCUT2D eigenvalue weighted by Crippen LogP contribution is -2.48. The molecular formula is C25H28N4O5S. The van der Waals surface area contributed by atoms with E-state index in [1.54, 1.807) is 26.8 Å². The molecule has 0 radical (unpaired) electrons. The first-order valence-electron chi connectivity index (χ1n) is 11.0. The van der Waals surface area contributed by atoms with Crippen LogP contribution < -0.4 is 16.2 Å². The summed E-state index contributed by atoms with van der Waals surface area (Å²) in [5.41, 5.74) is 0.861. The van der Waals surface area contributed by atoms with Crippen molar-refractivity contribution >= 4 is 40.6 Å². The molecule has 0 bridgehead atoms. The molecule has 0 atom stereocenters. The first kappa shape index (κ1) is 26.0. The number of aromatic nitrogens is 2. The molecule has 1 heterocycles. The molecule has 9 nitrogen and oxygen atoms in total. The van der Waals surface area contributed by atoms with Gasteiger partial charge in [-0.25, -0.2) is 14.6 Å². The van der Waals surface area contributed by atoms with Gasteiger partial charge in [0.05, 0.1) is 29.3 Å². The van der Waals surface area contributed by atoms with Crippen molar-refractivity contribution in [3.8, 4) is 0 Å². The number of urea groups is 1. The number of aryl methyl sites for hydroxylation is 1. The van der Waals surface area contributed by atoms with Crippen LogP contribution in [0.15, 0.2) is 58.5 Å². The lowest BCUT2D eigenvalue weighted by atomic mass is 10.1. The smallest absolute Gasteiger partial charge is 0.337 e. The van der Waals surface area contributed by atoms with Crippen molar-refractivity contribution in [3.63, 3.8) is 0 Å². The van der Waals surface area contributed by atoms with E-state index in [1.165, 1.54) is 23.8 Å². The third kappa shape index (κ3) is 7.16. The van der Waals surface area contributed by atoms with Gasteiger partial charge in [-0.1, -0.05) is 42.1 Å². The zero-order valence-electron chi connectivity index (χ0n) is 20.1. The van der Waals surface area contributed by atoms with Gasteiger partial charge in [-0.2, -0.15) is 0 Å². The zero-order chi connectivity index (χ0) is 25.6. The van der Waals surface area contributed by atoms with Crippen LogP contribution in [0.5, 0.6) is 0 Å². The van der Waals surface area contributed by atoms with E-state index in [2.05, 4.69) is 15.6 Å². The molecular weight excluding hydrogens is 468 g/mol. The second-order valence-corrected chi connectivity index (χ2v) is 9.79. The topological polar surface area (TPSA) is 119 Å². The second kappa shape index (κ2) is 11.2. The summed E-state index contributed by atoms with van der Waals surface area (Å²) in [5, 5.41) is 5.60. The quantitative estimate of drug-likeness (QED) is 0.293. The lowest BCUT2D eigenvalue weighted by Gasteiger charge is -2.20. The van der Waals surface area contributed by atoms with Crippen molar-refractivity contribution in [2.75, 3.05) is 12.9 Å². The third-order valence-electron chi connectivity index (χ3n) is 4.88. The molecule has 10 heteroatoms. The summed E-state index contributed by atoms with van der Waals surface area (Å²) in [7, 11) is 1.28. The zero-order valence-corrected chi connectivity index (χ0v) is 20.9. The predicted molar refractivity (Wildman–Crippen MR) is 135 cm³/mol. The van der Waals surface area contributed by atoms with Crippen LogP contribution >= 0.6 is 11.8 Å². The lowest BCUT2D eigenvalue weighted by molar-refractivity contribution is -0.117. The van der Waals surface area contributed by atoms with Gasteiger partial charge in [-0.15, -0.1) is 0 Å². The Labute approximate surface area is 207 Å². The summed E-state index contributed by atoms with van der Waals surface area (Å²) >= 11 is 1.04. The minimum Gasteiger partial charge on any atom is -0.465 e. The summed E-state index contributed by atoms with van der Waals surface area (Å²) in [4.78, 5) is 54.2. The van der Waals surface area contributed by atoms with E-state index in [1.807, 2.05) is 30.3 Å². The minimum absolute atomic E-state index is 0.127. The maximum Gasteiger partial charge on any atom is 0.337 e. The Kier molecular flexibility index (Phi) is 8.29. The molecule has 2 aromatic carbocycles. The van der Waals surface area contributed by atoms with Crippen LogP contribution in [0.2, 0.25) is 0 Å². The number of nitrogens with one attached hydrogen (secondary N) is 2. The highest BCUT2D eigenvalue weighted by Crippen LogP contribution is 2.20. The van der Waals surface area contributed by atoms with Crippen molar-refractivity contribution in [3.05, 3.63) is 70.0 Å². The largest absolute Gasteiger partial charge is 0.465 e. The van der Waals surface area contributed by atoms with E-state index in [4.69, 9.17) is 4.74 Å². The fourth-order valence-corrected chi connectivity index (χ4v) is 4.13. The molecule has 0 aliphatic carbocycles. The molecule has 0 aliphatic heterocycles. The van der Waals surface area contributed by atoms with Gasteiger partial charge in [0, 0.05) is 12.1 Å². The number of hydrogen-bond donors (Lipinski definition) is 2. The number of benzene rings is 2. The first-order valence-corrected chi connectivity index (χ1v) is 12.0. The van der Waals surface area contributed by atoms with E-state index in [0.29, 0.717) is 29.0 Å². The van der Waals surface area contributed by atoms with Crippen LogP contribution in [0.25, 0.3) is 10.9 Å². The van der Waals surface area contributed by atoms with Gasteiger partial charge < -0.3 is 10.1 Å². The summed E-state index contributed by atoms with van der Waals surface area (Å²) < 4.78 is 6.28. The molecule has 2 N–H and O–H groups in total. The van der Waals surface area contributed by atoms with Crippen molar-refractivity contribution in [2.24, 2.45) is 0 Å². The minimum atomic E-state index is -0.598. The highest BCUT2D eigenvalue weighted by molar-refractivity contribution is 7.99. The number of imide groups is 1. The van der Waals surface area contributed by atoms with E-state index in [9.17, 15) is 19.2 Å². The number of hydrogen-bond acceptors (Lipinski definition) is 7. The Morgan fingerprint density at radius 3 is 2.46 bits per heavy atom. The van der Waals surface area contributed by atoms with Gasteiger partial charge in [-0.05, 0) is 51.0 Å². The number of nitrogens with zero attached hydrogens (tertiary/aromatic N) is 2. The Bertz CT molecular complexity index is 1300. The van der Waals surface area contributed by atoms with Crippen molar-refractivity contribution in [1.82, 2.24) is 20.2 Å². The number of methoxy groups -OCH3 is 1. The number of thioether (sulfide) groups is 1. The van der Waals surface area contributed by atoms with Crippen LogP contribution in [0.4, 0.5) is 4.79 Å². The van der Waals surface area contributed by atoms with Crippen LogP contribution in [-0.2, 0) is 22.5 Å². The van der Waals surface area contributed by atoms with Crippen molar-refractivity contribution < 1.29 is 19.1 Å². The molecule has 1 aromatic heterocycles. The van der Waals surface area contributed by atoms with Gasteiger partial charge in [-0.3, -0.25) is 19.5 Å². The molecule has 3 amide bonds. The fourth-order valence-electron chi connectivity index (χ4n) is 3.30. The van der Waals surface area contributed by atoms with E-state index in [-0.39, 0.29) is 16.9 Å². The van der Waals surface area contributed by atoms with Crippen LogP contribution in [0, 0.1) is 0 Å². The molecule has 0 spiro atoms. The summed E-state index contributed by atoms with van der Waals surface area (Å²) in [6, 6.07) is 13.7. The monoisotopic (exact) mass is 496 g/mol. The Morgan fingerprint density at radius 1 is 1.09 bits per heavy atom. The van der Waals surface area contributed by atoms with Gasteiger partial charge in [0.1, 0.15) is 0 Å². The van der Waals surface area contributed by atoms with Crippen LogP contribution in [0.1, 0.15) is 36.7 Å². The average Bonchev–Trinajstić information content (AvgIpc) is 2.80. The van der Waals surface area contributed by atoms with E-state index >= 15 is 0 Å². The molecule has 0 saturated heterocycles. The highest BCUT2D eigenvalue weighted by Gasteiger charge is 2.18. The van der Waals surface area contributed by atoms with Gasteiger partial charge in [0.15, 0.2) is 5.16 Å². The number of carbonyl (C=O) groups excluding carboxylic acids is 3. The normalized spacial score (nSPS) is 11.2. The standard InChI is InChI=1S/C25H28N4O5S/c1-25(2,3)28-23(33)27-20(30)15-35-24-26-19-14-17(22(32)34-4)10-11-18(19)21(31)29(24)13-12-16-8-6-5-7-9-16/h5-11,14H,12-13,15H2,1-4H3,(H2,27,28,30,33). The van der Waals surface area contributed by atoms with Crippen molar-refractivity contribution in [1.29, 1.82) is 0 Å². The average molecular weight is 497 g/mol. The van der Waals surface area contributed by atoms with Crippen LogP contribution in [-0.4, -0.2) is 45.9 Å². The molecule has 3 rings (SSSR count). The number of ether oxygens (including phenoxy) is 1. The fraction of sp³-hybridized carbons (Fsp3) is 0.320. The third-order valence-corrected chi connectivity index (χ3v) is 5.86. The molecule has 3 aromatic rings.